The highest BCUT2D eigenvalue weighted by Gasteiger charge is 2.06. The first kappa shape index (κ1) is 12.4. The number of ether oxygens (including phenoxy) is 1. The minimum atomic E-state index is 0.0763. The van der Waals surface area contributed by atoms with Crippen LogP contribution in [0.15, 0.2) is 18.2 Å². The van der Waals surface area contributed by atoms with E-state index in [1.54, 1.807) is 0 Å². The second-order valence-corrected chi connectivity index (χ2v) is 4.34. The second-order valence-electron chi connectivity index (χ2n) is 3.96. The lowest BCUT2D eigenvalue weighted by Gasteiger charge is -2.09. The molecule has 5 nitrogen and oxygen atoms in total. The Morgan fingerprint density at radius 3 is 2.22 bits per heavy atom. The average molecular weight is 265 g/mol. The summed E-state index contributed by atoms with van der Waals surface area (Å²) in [5, 5.41) is 0.726. The van der Waals surface area contributed by atoms with Gasteiger partial charge in [0.15, 0.2) is 0 Å². The lowest BCUT2D eigenvalue weighted by Crippen LogP contribution is -2.01. The largest absolute Gasteiger partial charge is 0.439 e. The van der Waals surface area contributed by atoms with Crippen LogP contribution in [0.1, 0.15) is 11.1 Å². The minimum absolute atomic E-state index is 0.0763. The van der Waals surface area contributed by atoms with Crippen LogP contribution in [0.5, 0.6) is 11.6 Å². The highest BCUT2D eigenvalue weighted by molar-refractivity contribution is 6.32. The number of aromatic nitrogens is 2. The first-order valence-corrected chi connectivity index (χ1v) is 5.68. The standard InChI is InChI=1S/C12H13ClN4O/c1-6-3-8(4-7(2)11(6)13)18-10-5-9(14)16-12(15)17-10/h3-5H,1-2H3,(H4,14,15,16,17). The van der Waals surface area contributed by atoms with Crippen molar-refractivity contribution in [2.24, 2.45) is 0 Å². The van der Waals surface area contributed by atoms with E-state index in [2.05, 4.69) is 9.97 Å². The molecule has 18 heavy (non-hydrogen) atoms. The smallest absolute Gasteiger partial charge is 0.226 e. The molecule has 0 aliphatic rings. The zero-order valence-corrected chi connectivity index (χ0v) is 10.8. The van der Waals surface area contributed by atoms with Gasteiger partial charge < -0.3 is 16.2 Å². The van der Waals surface area contributed by atoms with Crippen LogP contribution in [-0.4, -0.2) is 9.97 Å². The number of hydrogen-bond donors (Lipinski definition) is 2. The topological polar surface area (TPSA) is 87.0 Å². The molecule has 0 radical (unpaired) electrons. The normalized spacial score (nSPS) is 10.4. The van der Waals surface area contributed by atoms with Crippen molar-refractivity contribution in [2.75, 3.05) is 11.5 Å². The van der Waals surface area contributed by atoms with E-state index in [0.717, 1.165) is 16.1 Å². The Morgan fingerprint density at radius 1 is 1.06 bits per heavy atom. The molecule has 0 saturated carbocycles. The summed E-state index contributed by atoms with van der Waals surface area (Å²) >= 11 is 6.08. The van der Waals surface area contributed by atoms with Gasteiger partial charge in [0.1, 0.15) is 11.6 Å². The molecule has 0 aliphatic carbocycles. The van der Waals surface area contributed by atoms with Gasteiger partial charge in [-0.25, -0.2) is 0 Å². The molecule has 6 heteroatoms. The van der Waals surface area contributed by atoms with E-state index in [-0.39, 0.29) is 11.8 Å². The Labute approximate surface area is 110 Å². The third-order valence-corrected chi connectivity index (χ3v) is 2.97. The summed E-state index contributed by atoms with van der Waals surface area (Å²) in [6, 6.07) is 5.16. The molecule has 0 amide bonds. The van der Waals surface area contributed by atoms with E-state index in [1.165, 1.54) is 6.07 Å². The van der Waals surface area contributed by atoms with E-state index in [1.807, 2.05) is 26.0 Å². The van der Waals surface area contributed by atoms with Crippen LogP contribution >= 0.6 is 11.6 Å². The monoisotopic (exact) mass is 264 g/mol. The Morgan fingerprint density at radius 2 is 1.67 bits per heavy atom. The average Bonchev–Trinajstić information content (AvgIpc) is 2.24. The molecular weight excluding hydrogens is 252 g/mol. The van der Waals surface area contributed by atoms with Crippen LogP contribution in [-0.2, 0) is 0 Å². The Hall–Kier alpha value is -2.01. The number of benzene rings is 1. The molecule has 0 spiro atoms. The van der Waals surface area contributed by atoms with Crippen molar-refractivity contribution in [2.45, 2.75) is 13.8 Å². The molecule has 0 unspecified atom stereocenters. The van der Waals surface area contributed by atoms with Gasteiger partial charge in [0, 0.05) is 11.1 Å². The third kappa shape index (κ3) is 2.62. The van der Waals surface area contributed by atoms with Crippen molar-refractivity contribution in [3.05, 3.63) is 34.3 Å². The van der Waals surface area contributed by atoms with Gasteiger partial charge in [-0.05, 0) is 37.1 Å². The Bertz CT molecular complexity index is 557. The van der Waals surface area contributed by atoms with Gasteiger partial charge in [-0.2, -0.15) is 9.97 Å². The predicted octanol–water partition coefficient (Wildman–Crippen LogP) is 2.70. The van der Waals surface area contributed by atoms with E-state index in [4.69, 9.17) is 27.8 Å². The number of rotatable bonds is 2. The summed E-state index contributed by atoms with van der Waals surface area (Å²) in [6.45, 7) is 3.82. The maximum Gasteiger partial charge on any atom is 0.226 e. The van der Waals surface area contributed by atoms with Gasteiger partial charge in [-0.15, -0.1) is 0 Å². The molecule has 0 atom stereocenters. The fourth-order valence-corrected chi connectivity index (χ4v) is 1.71. The Balaban J connectivity index is 2.34. The van der Waals surface area contributed by atoms with Crippen LogP contribution in [0.2, 0.25) is 5.02 Å². The molecule has 0 aliphatic heterocycles. The lowest BCUT2D eigenvalue weighted by molar-refractivity contribution is 0.462. The SMILES string of the molecule is Cc1cc(Oc2cc(N)nc(N)n2)cc(C)c1Cl. The number of nitrogen functional groups attached to an aromatic ring is 2. The van der Waals surface area contributed by atoms with Crippen molar-refractivity contribution >= 4 is 23.4 Å². The van der Waals surface area contributed by atoms with Crippen LogP contribution in [0, 0.1) is 13.8 Å². The summed E-state index contributed by atoms with van der Waals surface area (Å²) in [6.07, 6.45) is 0. The van der Waals surface area contributed by atoms with Crippen LogP contribution in [0.3, 0.4) is 0 Å². The molecule has 2 aromatic rings. The zero-order valence-electron chi connectivity index (χ0n) is 10.1. The van der Waals surface area contributed by atoms with Crippen LogP contribution < -0.4 is 16.2 Å². The third-order valence-electron chi connectivity index (χ3n) is 2.37. The van der Waals surface area contributed by atoms with Crippen molar-refractivity contribution < 1.29 is 4.74 Å². The molecule has 1 aromatic carbocycles. The number of aryl methyl sites for hydroxylation is 2. The van der Waals surface area contributed by atoms with Gasteiger partial charge >= 0.3 is 0 Å². The van der Waals surface area contributed by atoms with Crippen molar-refractivity contribution in [1.82, 2.24) is 9.97 Å². The number of anilines is 2. The van der Waals surface area contributed by atoms with Gasteiger partial charge in [-0.3, -0.25) is 0 Å². The van der Waals surface area contributed by atoms with Crippen molar-refractivity contribution in [1.29, 1.82) is 0 Å². The Kier molecular flexibility index (Phi) is 3.25. The molecule has 94 valence electrons. The van der Waals surface area contributed by atoms with Gasteiger partial charge in [-0.1, -0.05) is 11.6 Å². The van der Waals surface area contributed by atoms with Crippen molar-refractivity contribution in [3.63, 3.8) is 0 Å². The molecule has 4 N–H and O–H groups in total. The first-order chi connectivity index (χ1) is 8.45. The number of nitrogens with two attached hydrogens (primary N) is 2. The minimum Gasteiger partial charge on any atom is -0.439 e. The highest BCUT2D eigenvalue weighted by Crippen LogP contribution is 2.28. The zero-order chi connectivity index (χ0) is 13.3. The fourth-order valence-electron chi connectivity index (χ4n) is 1.60. The van der Waals surface area contributed by atoms with Crippen LogP contribution in [0.4, 0.5) is 11.8 Å². The van der Waals surface area contributed by atoms with E-state index >= 15 is 0 Å². The maximum absolute atomic E-state index is 6.08. The van der Waals surface area contributed by atoms with E-state index in [9.17, 15) is 0 Å². The molecule has 1 heterocycles. The first-order valence-electron chi connectivity index (χ1n) is 5.30. The molecule has 0 saturated heterocycles. The fraction of sp³-hybridized carbons (Fsp3) is 0.167. The van der Waals surface area contributed by atoms with Gasteiger partial charge in [0.25, 0.3) is 0 Å². The van der Waals surface area contributed by atoms with E-state index < -0.39 is 0 Å². The lowest BCUT2D eigenvalue weighted by atomic mass is 10.1. The maximum atomic E-state index is 6.08. The second kappa shape index (κ2) is 4.70. The quantitative estimate of drug-likeness (QED) is 0.871. The molecule has 0 bridgehead atoms. The van der Waals surface area contributed by atoms with Gasteiger partial charge in [0.05, 0.1) is 0 Å². The van der Waals surface area contributed by atoms with Crippen molar-refractivity contribution in [3.8, 4) is 11.6 Å². The summed E-state index contributed by atoms with van der Waals surface area (Å²) in [4.78, 5) is 7.71. The van der Waals surface area contributed by atoms with Crippen LogP contribution in [0.25, 0.3) is 0 Å². The number of halogens is 1. The highest BCUT2D eigenvalue weighted by atomic mass is 35.5. The summed E-state index contributed by atoms with van der Waals surface area (Å²) < 4.78 is 5.59. The predicted molar refractivity (Wildman–Crippen MR) is 71.9 cm³/mol. The molecule has 0 fully saturated rings. The molecule has 1 aromatic heterocycles. The summed E-state index contributed by atoms with van der Waals surface area (Å²) in [5.74, 6) is 1.28. The summed E-state index contributed by atoms with van der Waals surface area (Å²) in [7, 11) is 0. The van der Waals surface area contributed by atoms with E-state index in [0.29, 0.717) is 11.6 Å². The summed E-state index contributed by atoms with van der Waals surface area (Å²) in [5.41, 5.74) is 12.9. The number of hydrogen-bond acceptors (Lipinski definition) is 5. The number of nitrogens with zero attached hydrogens (tertiary/aromatic N) is 2. The molecular formula is C12H13ClN4O. The van der Waals surface area contributed by atoms with Gasteiger partial charge in [0.2, 0.25) is 11.8 Å². The molecule has 2 rings (SSSR count).